The lowest BCUT2D eigenvalue weighted by molar-refractivity contribution is 0.0106. The maximum atomic E-state index is 12.3. The van der Waals surface area contributed by atoms with E-state index in [-0.39, 0.29) is 18.1 Å². The van der Waals surface area contributed by atoms with Gasteiger partial charge in [0.05, 0.1) is 19.3 Å². The van der Waals surface area contributed by atoms with Gasteiger partial charge in [-0.2, -0.15) is 0 Å². The molecule has 2 amide bonds. The van der Waals surface area contributed by atoms with Gasteiger partial charge in [-0.25, -0.2) is 4.79 Å². The summed E-state index contributed by atoms with van der Waals surface area (Å²) in [7, 11) is 0. The second kappa shape index (κ2) is 8.28. The number of para-hydroxylation sites is 1. The van der Waals surface area contributed by atoms with E-state index in [9.17, 15) is 4.79 Å². The van der Waals surface area contributed by atoms with Gasteiger partial charge in [0.15, 0.2) is 0 Å². The first-order valence-corrected chi connectivity index (χ1v) is 9.10. The first kappa shape index (κ1) is 17.0. The fourth-order valence-corrected chi connectivity index (χ4v) is 4.00. The molecule has 2 heterocycles. The van der Waals surface area contributed by atoms with E-state index in [0.29, 0.717) is 0 Å². The molecule has 128 valence electrons. The van der Waals surface area contributed by atoms with Crippen molar-refractivity contribution in [3.8, 4) is 0 Å². The normalized spacial score (nSPS) is 17.9. The van der Waals surface area contributed by atoms with Gasteiger partial charge in [-0.15, -0.1) is 11.3 Å². The molecule has 1 aliphatic rings. The van der Waals surface area contributed by atoms with E-state index in [1.807, 2.05) is 30.3 Å². The first-order chi connectivity index (χ1) is 11.7. The molecule has 1 aliphatic heterocycles. The highest BCUT2D eigenvalue weighted by molar-refractivity contribution is 7.10. The van der Waals surface area contributed by atoms with E-state index in [0.717, 1.165) is 32.0 Å². The third-order valence-electron chi connectivity index (χ3n) is 4.14. The van der Waals surface area contributed by atoms with Crippen LogP contribution in [0.1, 0.15) is 17.8 Å². The number of carbonyl (C=O) groups is 1. The van der Waals surface area contributed by atoms with E-state index in [2.05, 4.69) is 40.0 Å². The van der Waals surface area contributed by atoms with Crippen LogP contribution in [0.15, 0.2) is 47.8 Å². The third-order valence-corrected chi connectivity index (χ3v) is 5.08. The quantitative estimate of drug-likeness (QED) is 0.874. The molecule has 1 aromatic heterocycles. The lowest BCUT2D eigenvalue weighted by Gasteiger charge is -2.37. The average Bonchev–Trinajstić information content (AvgIpc) is 3.11. The van der Waals surface area contributed by atoms with Crippen molar-refractivity contribution in [1.29, 1.82) is 0 Å². The topological polar surface area (TPSA) is 53.6 Å². The van der Waals surface area contributed by atoms with Gasteiger partial charge in [-0.1, -0.05) is 24.3 Å². The van der Waals surface area contributed by atoms with Gasteiger partial charge in [-0.3, -0.25) is 4.90 Å². The van der Waals surface area contributed by atoms with Crippen molar-refractivity contribution >= 4 is 23.1 Å². The predicted molar refractivity (Wildman–Crippen MR) is 97.5 cm³/mol. The van der Waals surface area contributed by atoms with Crippen molar-refractivity contribution in [1.82, 2.24) is 10.2 Å². The highest BCUT2D eigenvalue weighted by Crippen LogP contribution is 2.29. The van der Waals surface area contributed by atoms with E-state index < -0.39 is 0 Å². The Kier molecular flexibility index (Phi) is 5.85. The largest absolute Gasteiger partial charge is 0.379 e. The van der Waals surface area contributed by atoms with Crippen molar-refractivity contribution in [3.05, 3.63) is 52.7 Å². The molecule has 0 spiro atoms. The number of anilines is 1. The average molecular weight is 345 g/mol. The molecule has 1 saturated heterocycles. The minimum atomic E-state index is -0.177. The van der Waals surface area contributed by atoms with Crippen LogP contribution >= 0.6 is 11.3 Å². The number of nitrogens with one attached hydrogen (secondary N) is 2. The molecule has 0 aliphatic carbocycles. The number of nitrogens with zero attached hydrogens (tertiary/aromatic N) is 1. The Morgan fingerprint density at radius 2 is 1.92 bits per heavy atom. The number of amides is 2. The van der Waals surface area contributed by atoms with Crippen LogP contribution in [0, 0.1) is 0 Å². The zero-order valence-corrected chi connectivity index (χ0v) is 14.6. The molecule has 0 radical (unpaired) electrons. The van der Waals surface area contributed by atoms with Crippen LogP contribution in [0.3, 0.4) is 0 Å². The summed E-state index contributed by atoms with van der Waals surface area (Å²) in [5, 5.41) is 8.06. The number of rotatable bonds is 5. The van der Waals surface area contributed by atoms with Crippen LogP contribution in [-0.2, 0) is 4.74 Å². The molecule has 2 N–H and O–H groups in total. The fourth-order valence-electron chi connectivity index (χ4n) is 3.03. The third kappa shape index (κ3) is 4.35. The van der Waals surface area contributed by atoms with Crippen LogP contribution in [-0.4, -0.2) is 43.3 Å². The fraction of sp³-hybridized carbons (Fsp3) is 0.389. The summed E-state index contributed by atoms with van der Waals surface area (Å²) in [4.78, 5) is 16.0. The molecule has 6 heteroatoms. The van der Waals surface area contributed by atoms with Crippen molar-refractivity contribution in [2.75, 3.05) is 31.6 Å². The van der Waals surface area contributed by atoms with Crippen molar-refractivity contribution in [2.45, 2.75) is 19.0 Å². The van der Waals surface area contributed by atoms with Gasteiger partial charge in [0.25, 0.3) is 0 Å². The number of thiophene rings is 1. The lowest BCUT2D eigenvalue weighted by atomic mass is 10.1. The van der Waals surface area contributed by atoms with Crippen LogP contribution in [0.25, 0.3) is 0 Å². The molecule has 3 rings (SSSR count). The molecule has 2 aromatic rings. The standard InChI is InChI=1S/C18H23N3O2S/c1-14(19-18(22)20-15-6-3-2-4-7-15)17(16-8-5-13-24-16)21-9-11-23-12-10-21/h2-8,13-14,17H,9-12H2,1H3,(H2,19,20,22)/t14-,17+/m1/s1. The Morgan fingerprint density at radius 1 is 1.17 bits per heavy atom. The molecule has 24 heavy (non-hydrogen) atoms. The number of carbonyl (C=O) groups excluding carboxylic acids is 1. The van der Waals surface area contributed by atoms with Crippen molar-refractivity contribution in [2.24, 2.45) is 0 Å². The molecule has 1 aromatic carbocycles. The Morgan fingerprint density at radius 3 is 2.58 bits per heavy atom. The zero-order valence-electron chi connectivity index (χ0n) is 13.8. The number of morpholine rings is 1. The predicted octanol–water partition coefficient (Wildman–Crippen LogP) is 3.33. The summed E-state index contributed by atoms with van der Waals surface area (Å²) in [6, 6.07) is 13.7. The molecule has 0 bridgehead atoms. The Bertz CT molecular complexity index is 627. The zero-order chi connectivity index (χ0) is 16.8. The lowest BCUT2D eigenvalue weighted by Crippen LogP contribution is -2.49. The van der Waals surface area contributed by atoms with Crippen molar-refractivity contribution < 1.29 is 9.53 Å². The van der Waals surface area contributed by atoms with E-state index in [4.69, 9.17) is 4.74 Å². The minimum Gasteiger partial charge on any atom is -0.379 e. The van der Waals surface area contributed by atoms with Gasteiger partial charge in [-0.05, 0) is 30.5 Å². The summed E-state index contributed by atoms with van der Waals surface area (Å²) in [6.07, 6.45) is 0. The maximum absolute atomic E-state index is 12.3. The monoisotopic (exact) mass is 345 g/mol. The minimum absolute atomic E-state index is 0.00883. The van der Waals surface area contributed by atoms with Gasteiger partial charge < -0.3 is 15.4 Å². The second-order valence-corrected chi connectivity index (χ2v) is 6.84. The molecule has 0 unspecified atom stereocenters. The molecule has 1 fully saturated rings. The van der Waals surface area contributed by atoms with Crippen LogP contribution in [0.2, 0.25) is 0 Å². The first-order valence-electron chi connectivity index (χ1n) is 8.22. The highest BCUT2D eigenvalue weighted by Gasteiger charge is 2.29. The number of hydrogen-bond acceptors (Lipinski definition) is 4. The van der Waals surface area contributed by atoms with Gasteiger partial charge in [0.2, 0.25) is 0 Å². The Labute approximate surface area is 146 Å². The highest BCUT2D eigenvalue weighted by atomic mass is 32.1. The number of urea groups is 1. The number of benzene rings is 1. The van der Waals surface area contributed by atoms with E-state index >= 15 is 0 Å². The Balaban J connectivity index is 1.66. The summed E-state index contributed by atoms with van der Waals surface area (Å²) in [6.45, 7) is 5.31. The molecular weight excluding hydrogens is 322 g/mol. The molecule has 0 saturated carbocycles. The van der Waals surface area contributed by atoms with Crippen LogP contribution in [0.5, 0.6) is 0 Å². The summed E-state index contributed by atoms with van der Waals surface area (Å²) >= 11 is 1.73. The Hall–Kier alpha value is -1.89. The summed E-state index contributed by atoms with van der Waals surface area (Å²) in [5.74, 6) is 0. The summed E-state index contributed by atoms with van der Waals surface area (Å²) in [5.41, 5.74) is 0.793. The number of hydrogen-bond donors (Lipinski definition) is 2. The van der Waals surface area contributed by atoms with Gasteiger partial charge >= 0.3 is 6.03 Å². The summed E-state index contributed by atoms with van der Waals surface area (Å²) < 4.78 is 5.47. The van der Waals surface area contributed by atoms with E-state index in [1.54, 1.807) is 11.3 Å². The van der Waals surface area contributed by atoms with Crippen molar-refractivity contribution in [3.63, 3.8) is 0 Å². The van der Waals surface area contributed by atoms with Crippen LogP contribution in [0.4, 0.5) is 10.5 Å². The maximum Gasteiger partial charge on any atom is 0.319 e. The number of ether oxygens (including phenoxy) is 1. The molecule has 2 atom stereocenters. The molecule has 5 nitrogen and oxygen atoms in total. The van der Waals surface area contributed by atoms with Crippen LogP contribution < -0.4 is 10.6 Å². The van der Waals surface area contributed by atoms with Gasteiger partial charge in [0, 0.05) is 29.7 Å². The SMILES string of the molecule is C[C@@H](NC(=O)Nc1ccccc1)[C@@H](c1cccs1)N1CCOCC1. The smallest absolute Gasteiger partial charge is 0.319 e. The van der Waals surface area contributed by atoms with E-state index in [1.165, 1.54) is 4.88 Å². The second-order valence-electron chi connectivity index (χ2n) is 5.86. The molecular formula is C18H23N3O2S. The van der Waals surface area contributed by atoms with Gasteiger partial charge in [0.1, 0.15) is 0 Å².